The average Bonchev–Trinajstić information content (AvgIpc) is 2.38. The van der Waals surface area contributed by atoms with Gasteiger partial charge in [-0.3, -0.25) is 9.11 Å². The molecular formula is C14H18I2O6S2. The van der Waals surface area contributed by atoms with Crippen LogP contribution in [0, 0.1) is 13.8 Å². The second-order valence-corrected chi connectivity index (χ2v) is 7.42. The van der Waals surface area contributed by atoms with E-state index in [1.807, 2.05) is 13.8 Å². The van der Waals surface area contributed by atoms with Crippen LogP contribution in [0.5, 0.6) is 0 Å². The molecule has 0 aliphatic heterocycles. The van der Waals surface area contributed by atoms with E-state index < -0.39 is 20.2 Å². The summed E-state index contributed by atoms with van der Waals surface area (Å²) in [6, 6.07) is 12.0. The largest absolute Gasteiger partial charge is 0.294 e. The van der Waals surface area contributed by atoms with E-state index >= 15 is 0 Å². The van der Waals surface area contributed by atoms with Crippen LogP contribution in [0.4, 0.5) is 0 Å². The Labute approximate surface area is 176 Å². The van der Waals surface area contributed by atoms with Gasteiger partial charge in [-0.15, -0.1) is 48.0 Å². The SMILES string of the molecule is Cc1ccc(S(=O)(=O)O)cc1.Cc1ccc(S(=O)(=O)O)cc1.I.I. The summed E-state index contributed by atoms with van der Waals surface area (Å²) in [6.45, 7) is 3.68. The lowest BCUT2D eigenvalue weighted by molar-refractivity contribution is 0.481. The van der Waals surface area contributed by atoms with Gasteiger partial charge in [0.25, 0.3) is 20.2 Å². The van der Waals surface area contributed by atoms with Crippen molar-refractivity contribution in [3.05, 3.63) is 59.7 Å². The molecule has 0 aliphatic rings. The van der Waals surface area contributed by atoms with Crippen LogP contribution < -0.4 is 0 Å². The molecule has 0 aliphatic carbocycles. The van der Waals surface area contributed by atoms with Crippen LogP contribution in [0.25, 0.3) is 0 Å². The maximum atomic E-state index is 10.5. The molecule has 6 nitrogen and oxygen atoms in total. The first-order valence-corrected chi connectivity index (χ1v) is 8.96. The molecule has 0 spiro atoms. The Hall–Kier alpha value is -0.280. The van der Waals surface area contributed by atoms with E-state index in [0.717, 1.165) is 11.1 Å². The molecule has 2 N–H and O–H groups in total. The van der Waals surface area contributed by atoms with E-state index in [1.165, 1.54) is 24.3 Å². The summed E-state index contributed by atoms with van der Waals surface area (Å²) >= 11 is 0. The van der Waals surface area contributed by atoms with Gasteiger partial charge >= 0.3 is 0 Å². The van der Waals surface area contributed by atoms with Gasteiger partial charge in [-0.1, -0.05) is 35.4 Å². The Balaban J connectivity index is 0. The second kappa shape index (κ2) is 10.7. The molecule has 0 unspecified atom stereocenters. The summed E-state index contributed by atoms with van der Waals surface area (Å²) in [5, 5.41) is 0. The van der Waals surface area contributed by atoms with E-state index in [4.69, 9.17) is 9.11 Å². The minimum Gasteiger partial charge on any atom is -0.282 e. The zero-order valence-electron chi connectivity index (χ0n) is 12.8. The first-order chi connectivity index (χ1) is 10.00. The third-order valence-electron chi connectivity index (χ3n) is 2.64. The number of rotatable bonds is 2. The van der Waals surface area contributed by atoms with Crippen molar-refractivity contribution in [1.82, 2.24) is 0 Å². The third-order valence-corrected chi connectivity index (χ3v) is 4.37. The number of halogens is 2. The van der Waals surface area contributed by atoms with Crippen molar-refractivity contribution < 1.29 is 25.9 Å². The fourth-order valence-electron chi connectivity index (χ4n) is 1.42. The smallest absolute Gasteiger partial charge is 0.282 e. The summed E-state index contributed by atoms with van der Waals surface area (Å²) in [6.07, 6.45) is 0. The standard InChI is InChI=1S/2C7H8O3S.2HI/c2*1-6-2-4-7(5-3-6)11(8,9)10;;/h2*2-5H,1H3,(H,8,9,10);2*1H. The molecule has 24 heavy (non-hydrogen) atoms. The van der Waals surface area contributed by atoms with Crippen molar-refractivity contribution in [3.8, 4) is 0 Å². The van der Waals surface area contributed by atoms with Crippen LogP contribution in [0.15, 0.2) is 58.3 Å². The van der Waals surface area contributed by atoms with Crippen molar-refractivity contribution in [2.45, 2.75) is 23.6 Å². The van der Waals surface area contributed by atoms with E-state index in [2.05, 4.69) is 0 Å². The van der Waals surface area contributed by atoms with Gasteiger partial charge in [0.05, 0.1) is 9.79 Å². The van der Waals surface area contributed by atoms with Crippen molar-refractivity contribution >= 4 is 68.2 Å². The number of hydrogen-bond donors (Lipinski definition) is 2. The molecule has 0 saturated carbocycles. The third kappa shape index (κ3) is 9.27. The van der Waals surface area contributed by atoms with Gasteiger partial charge in [-0.2, -0.15) is 16.8 Å². The van der Waals surface area contributed by atoms with Crippen LogP contribution in [0.3, 0.4) is 0 Å². The van der Waals surface area contributed by atoms with E-state index in [9.17, 15) is 16.8 Å². The number of benzene rings is 2. The lowest BCUT2D eigenvalue weighted by Crippen LogP contribution is -1.96. The molecule has 2 aromatic carbocycles. The maximum absolute atomic E-state index is 10.5. The zero-order valence-corrected chi connectivity index (χ0v) is 19.1. The Morgan fingerprint density at radius 1 is 0.583 bits per heavy atom. The highest BCUT2D eigenvalue weighted by Gasteiger charge is 2.07. The van der Waals surface area contributed by atoms with Gasteiger partial charge in [0.2, 0.25) is 0 Å². The van der Waals surface area contributed by atoms with E-state index in [0.29, 0.717) is 0 Å². The van der Waals surface area contributed by atoms with Gasteiger partial charge in [-0.05, 0) is 38.1 Å². The van der Waals surface area contributed by atoms with Crippen molar-refractivity contribution in [3.63, 3.8) is 0 Å². The molecule has 0 fully saturated rings. The Morgan fingerprint density at radius 2 is 0.792 bits per heavy atom. The average molecular weight is 600 g/mol. The molecule has 0 saturated heterocycles. The Bertz CT molecular complexity index is 756. The lowest BCUT2D eigenvalue weighted by Gasteiger charge is -1.95. The highest BCUT2D eigenvalue weighted by Crippen LogP contribution is 2.09. The summed E-state index contributed by atoms with van der Waals surface area (Å²) < 4.78 is 59.1. The molecule has 136 valence electrons. The number of aryl methyl sites for hydroxylation is 2. The first kappa shape index (κ1) is 26.0. The molecule has 10 heteroatoms. The number of hydrogen-bond acceptors (Lipinski definition) is 4. The van der Waals surface area contributed by atoms with E-state index in [1.54, 1.807) is 24.3 Å². The van der Waals surface area contributed by atoms with Gasteiger partial charge < -0.3 is 0 Å². The molecule has 2 aromatic rings. The predicted octanol–water partition coefficient (Wildman–Crippen LogP) is 3.72. The molecule has 0 bridgehead atoms. The summed E-state index contributed by atoms with van der Waals surface area (Å²) in [5.74, 6) is 0. The fraction of sp³-hybridized carbons (Fsp3) is 0.143. The minimum absolute atomic E-state index is 0. The highest BCUT2D eigenvalue weighted by molar-refractivity contribution is 14.0. The van der Waals surface area contributed by atoms with Crippen LogP contribution in [-0.2, 0) is 20.2 Å². The molecule has 0 heterocycles. The van der Waals surface area contributed by atoms with Crippen molar-refractivity contribution in [2.24, 2.45) is 0 Å². The fourth-order valence-corrected chi connectivity index (χ4v) is 2.38. The van der Waals surface area contributed by atoms with E-state index in [-0.39, 0.29) is 57.7 Å². The molecule has 2 rings (SSSR count). The minimum atomic E-state index is -4.02. The molecule has 0 radical (unpaired) electrons. The highest BCUT2D eigenvalue weighted by atomic mass is 127. The maximum Gasteiger partial charge on any atom is 0.294 e. The molecule has 0 amide bonds. The first-order valence-electron chi connectivity index (χ1n) is 6.08. The lowest BCUT2D eigenvalue weighted by atomic mass is 10.2. The topological polar surface area (TPSA) is 109 Å². The molecule has 0 aromatic heterocycles. The van der Waals surface area contributed by atoms with Crippen LogP contribution in [-0.4, -0.2) is 25.9 Å². The van der Waals surface area contributed by atoms with Gasteiger partial charge in [0.1, 0.15) is 0 Å². The Morgan fingerprint density at radius 3 is 0.958 bits per heavy atom. The van der Waals surface area contributed by atoms with Gasteiger partial charge in [-0.25, -0.2) is 0 Å². The normalized spacial score (nSPS) is 10.5. The monoisotopic (exact) mass is 600 g/mol. The van der Waals surface area contributed by atoms with Crippen molar-refractivity contribution in [2.75, 3.05) is 0 Å². The van der Waals surface area contributed by atoms with Gasteiger partial charge in [0.15, 0.2) is 0 Å². The second-order valence-electron chi connectivity index (χ2n) is 4.58. The van der Waals surface area contributed by atoms with Crippen LogP contribution in [0.2, 0.25) is 0 Å². The van der Waals surface area contributed by atoms with Crippen LogP contribution in [0.1, 0.15) is 11.1 Å². The van der Waals surface area contributed by atoms with Crippen LogP contribution >= 0.6 is 48.0 Å². The molecule has 0 atom stereocenters. The summed E-state index contributed by atoms with van der Waals surface area (Å²) in [5.41, 5.74) is 1.91. The zero-order chi connectivity index (χ0) is 17.0. The quantitative estimate of drug-likeness (QED) is 0.402. The summed E-state index contributed by atoms with van der Waals surface area (Å²) in [7, 11) is -8.04. The molecular weight excluding hydrogens is 582 g/mol. The van der Waals surface area contributed by atoms with Crippen molar-refractivity contribution in [1.29, 1.82) is 0 Å². The Kier molecular flexibility index (Phi) is 11.5. The predicted molar refractivity (Wildman–Crippen MR) is 113 cm³/mol. The summed E-state index contributed by atoms with van der Waals surface area (Å²) in [4.78, 5) is -0.133. The van der Waals surface area contributed by atoms with Gasteiger partial charge in [0, 0.05) is 0 Å².